The maximum Gasteiger partial charge on any atom is 0.332 e. The predicted molar refractivity (Wildman–Crippen MR) is 110 cm³/mol. The Morgan fingerprint density at radius 2 is 2.00 bits per heavy atom. The van der Waals surface area contributed by atoms with E-state index in [1.807, 2.05) is 6.07 Å². The first-order chi connectivity index (χ1) is 14.4. The lowest BCUT2D eigenvalue weighted by Gasteiger charge is -2.15. The molecule has 0 fully saturated rings. The summed E-state index contributed by atoms with van der Waals surface area (Å²) in [6, 6.07) is 6.80. The minimum Gasteiger partial charge on any atom is -0.464 e. The van der Waals surface area contributed by atoms with Gasteiger partial charge >= 0.3 is 5.69 Å². The number of nitrogens with one attached hydrogen (secondary N) is 1. The molecule has 30 heavy (non-hydrogen) atoms. The highest BCUT2D eigenvalue weighted by Crippen LogP contribution is 2.32. The van der Waals surface area contributed by atoms with Gasteiger partial charge in [0.25, 0.3) is 11.5 Å². The molecule has 152 valence electrons. The van der Waals surface area contributed by atoms with Crippen LogP contribution in [0, 0.1) is 0 Å². The predicted octanol–water partition coefficient (Wildman–Crippen LogP) is 0.799. The number of carbonyl (C=O) groups excluding carboxylic acids is 1. The van der Waals surface area contributed by atoms with Crippen LogP contribution in [-0.2, 0) is 20.6 Å². The summed E-state index contributed by atoms with van der Waals surface area (Å²) in [4.78, 5) is 46.6. The number of amides is 1. The van der Waals surface area contributed by atoms with Crippen LogP contribution in [0.3, 0.4) is 0 Å². The van der Waals surface area contributed by atoms with Crippen molar-refractivity contribution in [2.24, 2.45) is 14.1 Å². The van der Waals surface area contributed by atoms with Crippen LogP contribution in [0.15, 0.2) is 56.9 Å². The molecule has 0 saturated heterocycles. The van der Waals surface area contributed by atoms with Crippen molar-refractivity contribution in [2.45, 2.75) is 6.54 Å². The fourth-order valence-corrected chi connectivity index (χ4v) is 3.28. The van der Waals surface area contributed by atoms with Crippen molar-refractivity contribution in [1.29, 1.82) is 0 Å². The van der Waals surface area contributed by atoms with Gasteiger partial charge in [0.15, 0.2) is 5.65 Å². The Bertz CT molecular complexity index is 1370. The summed E-state index contributed by atoms with van der Waals surface area (Å²) >= 11 is 0. The molecule has 10 heteroatoms. The Labute approximate surface area is 169 Å². The van der Waals surface area contributed by atoms with Gasteiger partial charge in [-0.2, -0.15) is 0 Å². The second-order valence-corrected chi connectivity index (χ2v) is 6.67. The third-order valence-corrected chi connectivity index (χ3v) is 4.79. The van der Waals surface area contributed by atoms with Crippen LogP contribution >= 0.6 is 0 Å². The smallest absolute Gasteiger partial charge is 0.332 e. The Morgan fingerprint density at radius 3 is 2.67 bits per heavy atom. The number of aromatic nitrogens is 4. The van der Waals surface area contributed by atoms with Gasteiger partial charge in [0.2, 0.25) is 0 Å². The summed E-state index contributed by atoms with van der Waals surface area (Å²) in [5.74, 6) is -0.398. The van der Waals surface area contributed by atoms with Crippen molar-refractivity contribution in [3.05, 3.63) is 74.9 Å². The van der Waals surface area contributed by atoms with Gasteiger partial charge in [-0.05, 0) is 23.8 Å². The number of furan rings is 1. The zero-order valence-electron chi connectivity index (χ0n) is 16.2. The zero-order valence-corrected chi connectivity index (χ0v) is 16.2. The third kappa shape index (κ3) is 3.04. The van der Waals surface area contributed by atoms with Crippen LogP contribution < -0.4 is 22.3 Å². The van der Waals surface area contributed by atoms with Crippen molar-refractivity contribution in [3.8, 4) is 11.3 Å². The maximum absolute atomic E-state index is 13.1. The van der Waals surface area contributed by atoms with Gasteiger partial charge in [0.1, 0.15) is 11.6 Å². The monoisotopic (exact) mass is 406 g/mol. The number of aryl methyl sites for hydroxylation is 1. The molecular formula is C20H18N6O4. The molecule has 1 amide bonds. The van der Waals surface area contributed by atoms with E-state index in [4.69, 9.17) is 10.2 Å². The molecule has 0 atom stereocenters. The Hall–Kier alpha value is -4.21. The number of hydrogen-bond acceptors (Lipinski definition) is 7. The van der Waals surface area contributed by atoms with Crippen molar-refractivity contribution in [3.63, 3.8) is 0 Å². The maximum atomic E-state index is 13.1. The van der Waals surface area contributed by atoms with Gasteiger partial charge in [0, 0.05) is 33.0 Å². The van der Waals surface area contributed by atoms with Crippen molar-refractivity contribution >= 4 is 22.8 Å². The fraction of sp³-hybridized carbons (Fsp3) is 0.150. The average molecular weight is 406 g/mol. The molecule has 0 unspecified atom stereocenters. The molecule has 0 aromatic carbocycles. The minimum atomic E-state index is -0.603. The van der Waals surface area contributed by atoms with Crippen LogP contribution in [0.2, 0.25) is 0 Å². The molecule has 4 heterocycles. The summed E-state index contributed by atoms with van der Waals surface area (Å²) in [7, 11) is 2.83. The highest BCUT2D eigenvalue weighted by molar-refractivity contribution is 6.10. The summed E-state index contributed by atoms with van der Waals surface area (Å²) in [6.07, 6.45) is 4.68. The molecule has 4 rings (SSSR count). The van der Waals surface area contributed by atoms with E-state index in [9.17, 15) is 14.4 Å². The fourth-order valence-electron chi connectivity index (χ4n) is 3.28. The van der Waals surface area contributed by atoms with Crippen LogP contribution in [-0.4, -0.2) is 25.0 Å². The molecule has 0 radical (unpaired) electrons. The zero-order chi connectivity index (χ0) is 21.4. The first-order valence-corrected chi connectivity index (χ1v) is 9.00. The van der Waals surface area contributed by atoms with Crippen LogP contribution in [0.4, 0.5) is 5.82 Å². The van der Waals surface area contributed by atoms with Crippen LogP contribution in [0.5, 0.6) is 0 Å². The standard InChI is InChI=1S/C20H18N6O4/c1-25-17-15(19(28)26(2)20(25)29)13(12-6-4-8-30-12)14(16(21)24-17)18(27)23-10-11-5-3-7-22-9-11/h3-9H,10H2,1-2H3,(H2,21,24)(H,23,27). The molecular weight excluding hydrogens is 388 g/mol. The number of pyridine rings is 2. The SMILES string of the molecule is Cn1c(=O)c2c(-c3ccco3)c(C(=O)NCc3cccnc3)c(N)nc2n(C)c1=O. The molecule has 3 N–H and O–H groups in total. The molecule has 0 spiro atoms. The summed E-state index contributed by atoms with van der Waals surface area (Å²) < 4.78 is 7.65. The van der Waals surface area contributed by atoms with E-state index in [-0.39, 0.29) is 40.3 Å². The van der Waals surface area contributed by atoms with Gasteiger partial charge < -0.3 is 15.5 Å². The Balaban J connectivity index is 1.97. The third-order valence-electron chi connectivity index (χ3n) is 4.79. The molecule has 4 aromatic heterocycles. The number of rotatable bonds is 4. The number of hydrogen-bond donors (Lipinski definition) is 2. The van der Waals surface area contributed by atoms with E-state index in [1.54, 1.807) is 30.6 Å². The van der Waals surface area contributed by atoms with Crippen LogP contribution in [0.1, 0.15) is 15.9 Å². The molecule has 0 saturated carbocycles. The van der Waals surface area contributed by atoms with Crippen molar-refractivity contribution < 1.29 is 9.21 Å². The first kappa shape index (κ1) is 19.1. The Kier molecular flexibility index (Phi) is 4.66. The molecule has 0 aliphatic carbocycles. The summed E-state index contributed by atoms with van der Waals surface area (Å²) in [5.41, 5.74) is 5.99. The molecule has 0 aliphatic heterocycles. The number of nitrogen functional groups attached to an aromatic ring is 1. The van der Waals surface area contributed by atoms with Gasteiger partial charge in [-0.25, -0.2) is 9.78 Å². The number of nitrogens with two attached hydrogens (primary N) is 1. The second kappa shape index (κ2) is 7.32. The highest BCUT2D eigenvalue weighted by Gasteiger charge is 2.26. The highest BCUT2D eigenvalue weighted by atomic mass is 16.3. The van der Waals surface area contributed by atoms with E-state index in [1.165, 1.54) is 24.9 Å². The summed E-state index contributed by atoms with van der Waals surface area (Å²) in [5, 5.41) is 2.83. The van der Waals surface area contributed by atoms with Gasteiger partial charge in [-0.3, -0.25) is 23.7 Å². The summed E-state index contributed by atoms with van der Waals surface area (Å²) in [6.45, 7) is 0.201. The molecule has 0 aliphatic rings. The van der Waals surface area contributed by atoms with Crippen molar-refractivity contribution in [2.75, 3.05) is 5.73 Å². The number of carbonyl (C=O) groups is 1. The lowest BCUT2D eigenvalue weighted by Crippen LogP contribution is -2.38. The van der Waals surface area contributed by atoms with Crippen molar-refractivity contribution in [1.82, 2.24) is 24.4 Å². The van der Waals surface area contributed by atoms with Gasteiger partial charge in [0.05, 0.1) is 22.8 Å². The van der Waals surface area contributed by atoms with E-state index in [0.717, 1.165) is 10.1 Å². The van der Waals surface area contributed by atoms with Crippen LogP contribution in [0.25, 0.3) is 22.4 Å². The minimum absolute atomic E-state index is 0.00270. The molecule has 10 nitrogen and oxygen atoms in total. The van der Waals surface area contributed by atoms with E-state index >= 15 is 0 Å². The van der Waals surface area contributed by atoms with E-state index in [0.29, 0.717) is 0 Å². The number of fused-ring (bicyclic) bond motifs is 1. The first-order valence-electron chi connectivity index (χ1n) is 9.00. The lowest BCUT2D eigenvalue weighted by atomic mass is 10.0. The van der Waals surface area contributed by atoms with Gasteiger partial charge in [-0.1, -0.05) is 6.07 Å². The quantitative estimate of drug-likeness (QED) is 0.511. The average Bonchev–Trinajstić information content (AvgIpc) is 3.29. The topological polar surface area (TPSA) is 138 Å². The van der Waals surface area contributed by atoms with E-state index in [2.05, 4.69) is 15.3 Å². The number of anilines is 1. The largest absolute Gasteiger partial charge is 0.464 e. The number of nitrogens with zero attached hydrogens (tertiary/aromatic N) is 4. The normalized spacial score (nSPS) is 11.0. The van der Waals surface area contributed by atoms with E-state index < -0.39 is 17.2 Å². The Morgan fingerprint density at radius 1 is 1.20 bits per heavy atom. The molecule has 4 aromatic rings. The van der Waals surface area contributed by atoms with Gasteiger partial charge in [-0.15, -0.1) is 0 Å². The lowest BCUT2D eigenvalue weighted by molar-refractivity contribution is 0.0952. The molecule has 0 bridgehead atoms. The second-order valence-electron chi connectivity index (χ2n) is 6.67.